The van der Waals surface area contributed by atoms with Crippen LogP contribution in [0.15, 0.2) is 53.5 Å². The number of quaternary nitrogens is 1. The zero-order valence-electron chi connectivity index (χ0n) is 37.9. The van der Waals surface area contributed by atoms with Gasteiger partial charge in [0.25, 0.3) is 11.8 Å². The summed E-state index contributed by atoms with van der Waals surface area (Å²) in [4.78, 5) is 103. The highest BCUT2D eigenvalue weighted by Crippen LogP contribution is 2.42. The number of anilines is 2. The highest BCUT2D eigenvalue weighted by Gasteiger charge is 2.35. The first kappa shape index (κ1) is 48.8. The molecule has 2 aromatic carbocycles. The molecule has 0 saturated carbocycles. The third kappa shape index (κ3) is 11.6. The lowest BCUT2D eigenvalue weighted by atomic mass is 9.89. The number of nitrogens with two attached hydrogens (primary N) is 1. The topological polar surface area (TPSA) is 240 Å². The Hall–Kier alpha value is -6.63. The fourth-order valence-electron chi connectivity index (χ4n) is 8.87. The molecular formula is C47H60FN8O10+. The second kappa shape index (κ2) is 21.1. The van der Waals surface area contributed by atoms with E-state index in [-0.39, 0.29) is 97.2 Å². The number of urea groups is 1. The lowest BCUT2D eigenvalue weighted by Gasteiger charge is -2.43. The molecule has 354 valence electrons. The van der Waals surface area contributed by atoms with Crippen molar-refractivity contribution in [2.45, 2.75) is 84.3 Å². The normalized spacial score (nSPS) is 17.4. The Bertz CT molecular complexity index is 2440. The molecule has 4 heterocycles. The first-order valence-corrected chi connectivity index (χ1v) is 22.5. The number of piperazine rings is 1. The van der Waals surface area contributed by atoms with Crippen LogP contribution in [0.25, 0.3) is 10.9 Å². The molecule has 19 heteroatoms. The summed E-state index contributed by atoms with van der Waals surface area (Å²) < 4.78 is 24.3. The molecule has 6 N–H and O–H groups in total. The number of ketones is 1. The summed E-state index contributed by atoms with van der Waals surface area (Å²) in [5, 5.41) is 17.9. The van der Waals surface area contributed by atoms with Gasteiger partial charge in [0, 0.05) is 61.4 Å². The number of aromatic carboxylic acids is 1. The molecule has 3 aliphatic heterocycles. The van der Waals surface area contributed by atoms with Gasteiger partial charge < -0.3 is 45.5 Å². The van der Waals surface area contributed by atoms with E-state index in [1.165, 1.54) is 18.3 Å². The molecule has 0 spiro atoms. The van der Waals surface area contributed by atoms with Crippen LogP contribution in [-0.2, 0) is 30.5 Å². The van der Waals surface area contributed by atoms with Crippen LogP contribution in [0.2, 0.25) is 0 Å². The molecule has 2 unspecified atom stereocenters. The number of carboxylic acid groups (broad SMARTS) is 1. The number of ether oxygens (including phenoxy) is 1. The van der Waals surface area contributed by atoms with Gasteiger partial charge in [-0.3, -0.25) is 33.7 Å². The van der Waals surface area contributed by atoms with E-state index in [4.69, 9.17) is 10.5 Å². The Morgan fingerprint density at radius 3 is 2.30 bits per heavy atom. The first-order valence-electron chi connectivity index (χ1n) is 22.5. The number of unbranched alkanes of at least 4 members (excludes halogenated alkanes) is 2. The zero-order valence-corrected chi connectivity index (χ0v) is 37.9. The van der Waals surface area contributed by atoms with Crippen molar-refractivity contribution in [3.63, 3.8) is 0 Å². The van der Waals surface area contributed by atoms with Crippen LogP contribution in [0.3, 0.4) is 0 Å². The number of aromatic nitrogens is 1. The summed E-state index contributed by atoms with van der Waals surface area (Å²) in [6.45, 7) is 9.04. The number of likely N-dealkylation sites (N-methyl/N-ethyl adjacent to an activating group) is 1. The SMILES string of the molecule is CC(C)C(NC(=O)CCCCCN1C(=O)C=CC1=O)C(=O)C[C@@H](CCCNC(N)=O)C(=O)Nc1ccc(C[N+]2(C)CCN(c3c(F)cc4c(=O)c(C(=O)O)cn5c4c3OCC5C)CC2)cc1. The fraction of sp³-hybridized carbons (Fsp3) is 0.489. The Morgan fingerprint density at radius 1 is 0.985 bits per heavy atom. The van der Waals surface area contributed by atoms with E-state index in [2.05, 4.69) is 23.0 Å². The maximum atomic E-state index is 15.9. The summed E-state index contributed by atoms with van der Waals surface area (Å²) in [5.74, 6) is -4.53. The van der Waals surface area contributed by atoms with Crippen LogP contribution < -0.4 is 36.7 Å². The molecule has 0 bridgehead atoms. The van der Waals surface area contributed by atoms with Gasteiger partial charge >= 0.3 is 12.0 Å². The number of imide groups is 1. The van der Waals surface area contributed by atoms with Crippen molar-refractivity contribution in [3.8, 4) is 5.75 Å². The van der Waals surface area contributed by atoms with Crippen LogP contribution in [0.4, 0.5) is 20.6 Å². The number of benzene rings is 2. The number of carbonyl (C=O) groups is 7. The summed E-state index contributed by atoms with van der Waals surface area (Å²) >= 11 is 0. The third-order valence-electron chi connectivity index (χ3n) is 12.7. The Balaban J connectivity index is 1.04. The summed E-state index contributed by atoms with van der Waals surface area (Å²) in [6.07, 6.45) is 6.06. The van der Waals surface area contributed by atoms with Crippen molar-refractivity contribution >= 4 is 63.7 Å². The molecule has 3 aromatic rings. The molecule has 1 aromatic heterocycles. The van der Waals surface area contributed by atoms with E-state index in [1.807, 2.05) is 37.8 Å². The van der Waals surface area contributed by atoms with Crippen molar-refractivity contribution < 1.29 is 52.3 Å². The Morgan fingerprint density at radius 2 is 1.67 bits per heavy atom. The van der Waals surface area contributed by atoms with Crippen LogP contribution in [0.5, 0.6) is 5.75 Å². The van der Waals surface area contributed by atoms with E-state index in [0.29, 0.717) is 74.1 Å². The van der Waals surface area contributed by atoms with Crippen LogP contribution >= 0.6 is 0 Å². The molecule has 6 amide bonds. The van der Waals surface area contributed by atoms with Gasteiger partial charge in [-0.25, -0.2) is 14.0 Å². The van der Waals surface area contributed by atoms with Crippen LogP contribution in [0, 0.1) is 17.7 Å². The van der Waals surface area contributed by atoms with Gasteiger partial charge in [-0.2, -0.15) is 0 Å². The third-order valence-corrected chi connectivity index (χ3v) is 12.7. The molecule has 18 nitrogen and oxygen atoms in total. The smallest absolute Gasteiger partial charge is 0.341 e. The number of halogens is 1. The summed E-state index contributed by atoms with van der Waals surface area (Å²) in [6, 6.07) is 6.73. The molecular weight excluding hydrogens is 856 g/mol. The molecule has 0 aliphatic carbocycles. The van der Waals surface area contributed by atoms with Gasteiger partial charge in [0.1, 0.15) is 24.4 Å². The predicted octanol–water partition coefficient (Wildman–Crippen LogP) is 3.85. The largest absolute Gasteiger partial charge is 0.487 e. The number of nitrogens with one attached hydrogen (secondary N) is 3. The minimum absolute atomic E-state index is 0.0366. The number of hydrogen-bond donors (Lipinski definition) is 5. The number of carbonyl (C=O) groups excluding carboxylic acids is 6. The van der Waals surface area contributed by atoms with Crippen molar-refractivity contribution in [3.05, 3.63) is 75.8 Å². The van der Waals surface area contributed by atoms with Gasteiger partial charge in [0.2, 0.25) is 17.2 Å². The van der Waals surface area contributed by atoms with Crippen LogP contribution in [0.1, 0.15) is 87.7 Å². The number of rotatable bonds is 21. The Labute approximate surface area is 381 Å². The minimum Gasteiger partial charge on any atom is -0.487 e. The van der Waals surface area contributed by atoms with E-state index >= 15 is 4.39 Å². The highest BCUT2D eigenvalue weighted by atomic mass is 19.1. The molecule has 3 atom stereocenters. The van der Waals surface area contributed by atoms with Gasteiger partial charge in [0.15, 0.2) is 17.3 Å². The van der Waals surface area contributed by atoms with Crippen molar-refractivity contribution in [1.82, 2.24) is 20.1 Å². The van der Waals surface area contributed by atoms with E-state index in [9.17, 15) is 43.5 Å². The average Bonchev–Trinajstić information content (AvgIpc) is 3.58. The van der Waals surface area contributed by atoms with Crippen molar-refractivity contribution in [1.29, 1.82) is 0 Å². The summed E-state index contributed by atoms with van der Waals surface area (Å²) in [7, 11) is 2.11. The number of carboxylic acids is 1. The van der Waals surface area contributed by atoms with Gasteiger partial charge in [-0.05, 0) is 56.7 Å². The number of pyridine rings is 1. The van der Waals surface area contributed by atoms with Crippen molar-refractivity contribution in [2.24, 2.45) is 17.6 Å². The molecule has 1 saturated heterocycles. The van der Waals surface area contributed by atoms with Crippen molar-refractivity contribution in [2.75, 3.05) is 63.1 Å². The number of Topliss-reactive ketones (excluding diaryl/α,β-unsaturated/α-hetero) is 1. The van der Waals surface area contributed by atoms with Gasteiger partial charge in [0.05, 0.1) is 56.2 Å². The van der Waals surface area contributed by atoms with Gasteiger partial charge in [-0.15, -0.1) is 0 Å². The number of nitrogens with zero attached hydrogens (tertiary/aromatic N) is 4. The molecule has 6 rings (SSSR count). The van der Waals surface area contributed by atoms with E-state index in [1.54, 1.807) is 16.7 Å². The average molecular weight is 916 g/mol. The second-order valence-electron chi connectivity index (χ2n) is 18.1. The maximum absolute atomic E-state index is 15.9. The van der Waals surface area contributed by atoms with E-state index < -0.39 is 40.8 Å². The number of amides is 6. The van der Waals surface area contributed by atoms with Crippen LogP contribution in [-0.4, -0.2) is 119 Å². The quantitative estimate of drug-likeness (QED) is 0.0585. The fourth-order valence-corrected chi connectivity index (χ4v) is 8.87. The minimum atomic E-state index is -1.38. The zero-order chi connectivity index (χ0) is 47.9. The predicted molar refractivity (Wildman–Crippen MR) is 243 cm³/mol. The highest BCUT2D eigenvalue weighted by molar-refractivity contribution is 6.12. The second-order valence-corrected chi connectivity index (χ2v) is 18.1. The number of hydrogen-bond acceptors (Lipinski definition) is 10. The molecule has 1 fully saturated rings. The van der Waals surface area contributed by atoms with Gasteiger partial charge in [-0.1, -0.05) is 32.4 Å². The molecule has 0 radical (unpaired) electrons. The molecule has 3 aliphatic rings. The first-order chi connectivity index (χ1) is 31.3. The lowest BCUT2D eigenvalue weighted by Crippen LogP contribution is -2.57. The lowest BCUT2D eigenvalue weighted by molar-refractivity contribution is -0.923. The Kier molecular flexibility index (Phi) is 15.6. The maximum Gasteiger partial charge on any atom is 0.341 e. The number of primary amides is 1. The van der Waals surface area contributed by atoms with E-state index in [0.717, 1.165) is 16.5 Å². The standard InChI is InChI=1S/C47H59FN8O10/c1-28(2)40(52-37(58)10-6-5-7-18-54-38(59)15-16-39(54)60)36(57)23-31(9-8-17-50-47(49)65)45(62)51-32-13-11-30(12-14-32)26-56(4)21-19-53(20-22-56)42-35(48)24-33-41-44(42)66-27-29(3)55(41)25-34(43(33)61)46(63)64/h11-16,24-25,28-29,31,40H,5-10,17-23,26-27H2,1-4H3,(H5-,49,50,51,52,58,62,63,64,65)/p+1/t29?,31-,40?/m1/s1. The summed E-state index contributed by atoms with van der Waals surface area (Å²) in [5.41, 5.74) is 6.20. The molecule has 66 heavy (non-hydrogen) atoms. The monoisotopic (exact) mass is 915 g/mol.